The molecule has 1 fully saturated rings. The van der Waals surface area contributed by atoms with Gasteiger partial charge in [-0.2, -0.15) is 5.48 Å². The van der Waals surface area contributed by atoms with E-state index in [2.05, 4.69) is 5.48 Å². The Morgan fingerprint density at radius 2 is 2.00 bits per heavy atom. The predicted octanol–water partition coefficient (Wildman–Crippen LogP) is -0.606. The van der Waals surface area contributed by atoms with Gasteiger partial charge in [0.15, 0.2) is 0 Å². The van der Waals surface area contributed by atoms with Crippen LogP contribution < -0.4 is 11.2 Å². The quantitative estimate of drug-likeness (QED) is 0.616. The van der Waals surface area contributed by atoms with Gasteiger partial charge in [-0.25, -0.2) is 0 Å². The van der Waals surface area contributed by atoms with Crippen molar-refractivity contribution >= 4 is 11.8 Å². The van der Waals surface area contributed by atoms with E-state index in [4.69, 9.17) is 10.6 Å². The monoisotopic (exact) mass is 229 g/mol. The number of rotatable bonds is 5. The second kappa shape index (κ2) is 6.44. The molecule has 3 N–H and O–H groups in total. The van der Waals surface area contributed by atoms with Crippen LogP contribution in [0.15, 0.2) is 0 Å². The summed E-state index contributed by atoms with van der Waals surface area (Å²) in [5, 5.41) is 0. The van der Waals surface area contributed by atoms with Crippen molar-refractivity contribution in [1.82, 2.24) is 10.4 Å². The highest BCUT2D eigenvalue weighted by molar-refractivity contribution is 5.81. The van der Waals surface area contributed by atoms with E-state index >= 15 is 0 Å². The first-order chi connectivity index (χ1) is 7.61. The molecule has 0 bridgehead atoms. The zero-order valence-electron chi connectivity index (χ0n) is 9.57. The molecule has 6 heteroatoms. The smallest absolute Gasteiger partial charge is 0.245 e. The lowest BCUT2D eigenvalue weighted by molar-refractivity contribution is -0.140. The van der Waals surface area contributed by atoms with Gasteiger partial charge < -0.3 is 10.6 Å². The molecule has 1 aliphatic heterocycles. The van der Waals surface area contributed by atoms with Crippen LogP contribution in [0.4, 0.5) is 0 Å². The molecule has 0 aromatic carbocycles. The number of hydrogen-bond acceptors (Lipinski definition) is 4. The molecule has 0 aromatic heterocycles. The van der Waals surface area contributed by atoms with Crippen molar-refractivity contribution in [2.24, 2.45) is 5.73 Å². The van der Waals surface area contributed by atoms with Crippen molar-refractivity contribution in [1.29, 1.82) is 0 Å². The van der Waals surface area contributed by atoms with Crippen molar-refractivity contribution in [3.05, 3.63) is 0 Å². The molecule has 0 aliphatic carbocycles. The van der Waals surface area contributed by atoms with Crippen molar-refractivity contribution in [3.8, 4) is 0 Å². The minimum atomic E-state index is -0.565. The van der Waals surface area contributed by atoms with Gasteiger partial charge in [0.25, 0.3) is 0 Å². The van der Waals surface area contributed by atoms with E-state index in [9.17, 15) is 9.59 Å². The number of hydroxylamine groups is 1. The van der Waals surface area contributed by atoms with Gasteiger partial charge in [0, 0.05) is 13.1 Å². The highest BCUT2D eigenvalue weighted by atomic mass is 16.6. The number of amides is 2. The van der Waals surface area contributed by atoms with Crippen molar-refractivity contribution in [2.45, 2.75) is 32.2 Å². The van der Waals surface area contributed by atoms with Crippen LogP contribution in [0, 0.1) is 0 Å². The predicted molar refractivity (Wildman–Crippen MR) is 58.2 cm³/mol. The van der Waals surface area contributed by atoms with Crippen molar-refractivity contribution < 1.29 is 14.4 Å². The Labute approximate surface area is 95.1 Å². The lowest BCUT2D eigenvalue weighted by Crippen LogP contribution is -2.47. The van der Waals surface area contributed by atoms with Gasteiger partial charge in [-0.15, -0.1) is 0 Å². The lowest BCUT2D eigenvalue weighted by atomic mass is 10.1. The summed E-state index contributed by atoms with van der Waals surface area (Å²) in [5.74, 6) is -0.561. The SMILES string of the molecule is CC(NOCC(N)=O)C(=O)N1CCCCC1. The van der Waals surface area contributed by atoms with Crippen LogP contribution >= 0.6 is 0 Å². The van der Waals surface area contributed by atoms with E-state index in [0.717, 1.165) is 25.9 Å². The standard InChI is InChI=1S/C10H19N3O3/c1-8(12-16-7-9(11)14)10(15)13-5-3-2-4-6-13/h8,12H,2-7H2,1H3,(H2,11,14). The summed E-state index contributed by atoms with van der Waals surface area (Å²) in [6.07, 6.45) is 3.30. The van der Waals surface area contributed by atoms with Crippen LogP contribution in [-0.2, 0) is 14.4 Å². The summed E-state index contributed by atoms with van der Waals surface area (Å²) < 4.78 is 0. The molecule has 0 saturated carbocycles. The largest absolute Gasteiger partial charge is 0.368 e. The minimum absolute atomic E-state index is 0.00386. The fraction of sp³-hybridized carbons (Fsp3) is 0.800. The molecule has 0 spiro atoms. The third-order valence-corrected chi connectivity index (χ3v) is 2.51. The normalized spacial score (nSPS) is 18.2. The van der Waals surface area contributed by atoms with E-state index in [1.165, 1.54) is 6.42 Å². The maximum absolute atomic E-state index is 11.8. The molecule has 2 amide bonds. The summed E-state index contributed by atoms with van der Waals surface area (Å²) in [5.41, 5.74) is 7.42. The van der Waals surface area contributed by atoms with Gasteiger partial charge in [0.2, 0.25) is 11.8 Å². The lowest BCUT2D eigenvalue weighted by Gasteiger charge is -2.29. The van der Waals surface area contributed by atoms with Gasteiger partial charge in [0.1, 0.15) is 12.6 Å². The van der Waals surface area contributed by atoms with E-state index in [0.29, 0.717) is 0 Å². The maximum Gasteiger partial charge on any atom is 0.245 e. The molecule has 16 heavy (non-hydrogen) atoms. The van der Waals surface area contributed by atoms with Crippen molar-refractivity contribution in [3.63, 3.8) is 0 Å². The molecule has 1 aliphatic rings. The topological polar surface area (TPSA) is 84.7 Å². The molecule has 6 nitrogen and oxygen atoms in total. The zero-order chi connectivity index (χ0) is 12.0. The highest BCUT2D eigenvalue weighted by Crippen LogP contribution is 2.09. The van der Waals surface area contributed by atoms with Gasteiger partial charge in [0.05, 0.1) is 0 Å². The Morgan fingerprint density at radius 3 is 2.56 bits per heavy atom. The van der Waals surface area contributed by atoms with E-state index in [-0.39, 0.29) is 12.5 Å². The second-order valence-corrected chi connectivity index (χ2v) is 3.98. The molecule has 1 saturated heterocycles. The van der Waals surface area contributed by atoms with E-state index < -0.39 is 11.9 Å². The number of carbonyl (C=O) groups excluding carboxylic acids is 2. The Morgan fingerprint density at radius 1 is 1.38 bits per heavy atom. The van der Waals surface area contributed by atoms with Gasteiger partial charge >= 0.3 is 0 Å². The van der Waals surface area contributed by atoms with Crippen LogP contribution in [0.5, 0.6) is 0 Å². The number of carbonyl (C=O) groups is 2. The minimum Gasteiger partial charge on any atom is -0.368 e. The average molecular weight is 229 g/mol. The Kier molecular flexibility index (Phi) is 5.21. The van der Waals surface area contributed by atoms with E-state index in [1.54, 1.807) is 6.92 Å². The third-order valence-electron chi connectivity index (χ3n) is 2.51. The summed E-state index contributed by atoms with van der Waals surface area (Å²) in [7, 11) is 0. The first-order valence-electron chi connectivity index (χ1n) is 5.55. The number of nitrogens with two attached hydrogens (primary N) is 1. The van der Waals surface area contributed by atoms with Crippen LogP contribution in [0.2, 0.25) is 0 Å². The summed E-state index contributed by atoms with van der Waals surface area (Å²) >= 11 is 0. The highest BCUT2D eigenvalue weighted by Gasteiger charge is 2.21. The van der Waals surface area contributed by atoms with Gasteiger partial charge in [-0.05, 0) is 26.2 Å². The van der Waals surface area contributed by atoms with Crippen molar-refractivity contribution in [2.75, 3.05) is 19.7 Å². The second-order valence-electron chi connectivity index (χ2n) is 3.98. The van der Waals surface area contributed by atoms with Crippen LogP contribution in [0.1, 0.15) is 26.2 Å². The number of nitrogens with zero attached hydrogens (tertiary/aromatic N) is 1. The first-order valence-corrected chi connectivity index (χ1v) is 5.55. The molecule has 1 unspecified atom stereocenters. The van der Waals surface area contributed by atoms with Crippen LogP contribution in [0.25, 0.3) is 0 Å². The van der Waals surface area contributed by atoms with Gasteiger partial charge in [-0.3, -0.25) is 14.4 Å². The number of nitrogens with one attached hydrogen (secondary N) is 1. The molecule has 1 heterocycles. The molecule has 0 aromatic rings. The third kappa shape index (κ3) is 4.16. The Hall–Kier alpha value is -1.14. The summed E-state index contributed by atoms with van der Waals surface area (Å²) in [4.78, 5) is 28.9. The maximum atomic E-state index is 11.8. The zero-order valence-corrected chi connectivity index (χ0v) is 9.57. The number of hydrogen-bond donors (Lipinski definition) is 2. The fourth-order valence-corrected chi connectivity index (χ4v) is 1.68. The molecule has 1 atom stereocenters. The number of likely N-dealkylation sites (tertiary alicyclic amines) is 1. The number of piperidine rings is 1. The Balaban J connectivity index is 2.26. The molecule has 0 radical (unpaired) electrons. The molecule has 92 valence electrons. The summed E-state index contributed by atoms with van der Waals surface area (Å²) in [6, 6.07) is -0.447. The average Bonchev–Trinajstić information content (AvgIpc) is 2.28. The summed E-state index contributed by atoms with van der Waals surface area (Å²) in [6.45, 7) is 3.09. The molecule has 1 rings (SSSR count). The van der Waals surface area contributed by atoms with Gasteiger partial charge in [-0.1, -0.05) is 0 Å². The molecular weight excluding hydrogens is 210 g/mol. The fourth-order valence-electron chi connectivity index (χ4n) is 1.68. The van der Waals surface area contributed by atoms with E-state index in [1.807, 2.05) is 4.90 Å². The number of primary amides is 1. The van der Waals surface area contributed by atoms with Crippen LogP contribution in [-0.4, -0.2) is 42.5 Å². The van der Waals surface area contributed by atoms with Crippen LogP contribution in [0.3, 0.4) is 0 Å². The first kappa shape index (κ1) is 12.9. The Bertz CT molecular complexity index is 252. The molecular formula is C10H19N3O3.